The third-order valence-corrected chi connectivity index (χ3v) is 5.07. The monoisotopic (exact) mass is 485 g/mol. The van der Waals surface area contributed by atoms with Gasteiger partial charge in [0.1, 0.15) is 23.9 Å². The first-order valence-corrected chi connectivity index (χ1v) is 11.5. The molecule has 0 spiro atoms. The Bertz CT molecular complexity index is 984. The Morgan fingerprint density at radius 3 is 2.17 bits per heavy atom. The predicted octanol–water partition coefficient (Wildman–Crippen LogP) is 3.28. The van der Waals surface area contributed by atoms with E-state index in [-0.39, 0.29) is 13.2 Å². The van der Waals surface area contributed by atoms with Crippen LogP contribution in [0.3, 0.4) is 0 Å². The largest absolute Gasteiger partial charge is 0.497 e. The second-order valence-electron chi connectivity index (χ2n) is 8.88. The zero-order chi connectivity index (χ0) is 26.0. The number of nitrogens with one attached hydrogen (secondary N) is 2. The summed E-state index contributed by atoms with van der Waals surface area (Å²) in [4.78, 5) is 39.9. The van der Waals surface area contributed by atoms with Gasteiger partial charge in [0, 0.05) is 12.2 Å². The summed E-state index contributed by atoms with van der Waals surface area (Å²) in [5.41, 5.74) is 1.45. The average molecular weight is 486 g/mol. The average Bonchev–Trinajstić information content (AvgIpc) is 2.82. The zero-order valence-corrected chi connectivity index (χ0v) is 21.0. The van der Waals surface area contributed by atoms with Gasteiger partial charge in [0.2, 0.25) is 5.91 Å². The van der Waals surface area contributed by atoms with E-state index in [9.17, 15) is 19.5 Å². The van der Waals surface area contributed by atoms with E-state index >= 15 is 0 Å². The van der Waals surface area contributed by atoms with Gasteiger partial charge in [0.15, 0.2) is 0 Å². The van der Waals surface area contributed by atoms with Gasteiger partial charge in [-0.15, -0.1) is 0 Å². The maximum absolute atomic E-state index is 13.4. The number of hydrogen-bond donors (Lipinski definition) is 3. The van der Waals surface area contributed by atoms with Crippen LogP contribution in [0.25, 0.3) is 0 Å². The molecule has 0 radical (unpaired) electrons. The molecule has 1 atom stereocenters. The lowest BCUT2D eigenvalue weighted by Crippen LogP contribution is -2.47. The Labute approximate surface area is 206 Å². The number of carbonyl (C=O) groups excluding carboxylic acids is 3. The summed E-state index contributed by atoms with van der Waals surface area (Å²) in [5, 5.41) is 14.9. The van der Waals surface area contributed by atoms with Crippen molar-refractivity contribution in [2.24, 2.45) is 0 Å². The lowest BCUT2D eigenvalue weighted by molar-refractivity contribution is -0.138. The molecule has 0 aliphatic rings. The van der Waals surface area contributed by atoms with E-state index in [2.05, 4.69) is 10.6 Å². The molecule has 0 aliphatic carbocycles. The molecule has 0 saturated carbocycles. The van der Waals surface area contributed by atoms with Crippen molar-refractivity contribution >= 4 is 23.6 Å². The van der Waals surface area contributed by atoms with E-state index in [1.54, 1.807) is 64.3 Å². The third kappa shape index (κ3) is 8.60. The fourth-order valence-electron chi connectivity index (χ4n) is 3.36. The van der Waals surface area contributed by atoms with Crippen molar-refractivity contribution in [3.63, 3.8) is 0 Å². The van der Waals surface area contributed by atoms with Crippen LogP contribution in [-0.2, 0) is 20.7 Å². The Balaban J connectivity index is 2.31. The predicted molar refractivity (Wildman–Crippen MR) is 133 cm³/mol. The normalized spacial score (nSPS) is 11.8. The highest BCUT2D eigenvalue weighted by Crippen LogP contribution is 2.25. The van der Waals surface area contributed by atoms with Crippen LogP contribution in [0.4, 0.5) is 10.5 Å². The van der Waals surface area contributed by atoms with Crippen molar-refractivity contribution in [2.45, 2.75) is 45.8 Å². The third-order valence-electron chi connectivity index (χ3n) is 5.07. The molecule has 0 bridgehead atoms. The molecule has 0 aromatic heterocycles. The number of nitrogens with zero attached hydrogens (tertiary/aromatic N) is 1. The summed E-state index contributed by atoms with van der Waals surface area (Å²) in [6.07, 6.45) is 0.0727. The number of carbonyl (C=O) groups is 3. The molecule has 1 unspecified atom stereocenters. The lowest BCUT2D eigenvalue weighted by Gasteiger charge is -2.31. The molecule has 9 nitrogen and oxygen atoms in total. The molecule has 0 heterocycles. The maximum Gasteiger partial charge on any atom is 0.408 e. The molecule has 2 aromatic carbocycles. The highest BCUT2D eigenvalue weighted by atomic mass is 16.6. The summed E-state index contributed by atoms with van der Waals surface area (Å²) in [7, 11) is 1.55. The van der Waals surface area contributed by atoms with Crippen LogP contribution in [0.1, 0.15) is 44.9 Å². The molecular weight excluding hydrogens is 450 g/mol. The van der Waals surface area contributed by atoms with Gasteiger partial charge >= 0.3 is 6.09 Å². The minimum absolute atomic E-state index is 0.106. The van der Waals surface area contributed by atoms with Crippen LogP contribution < -0.4 is 15.4 Å². The number of benzene rings is 2. The molecular formula is C26H35N3O6. The number of hydrogen-bond acceptors (Lipinski definition) is 6. The lowest BCUT2D eigenvalue weighted by atomic mass is 10.0. The molecule has 0 fully saturated rings. The number of alkyl carbamates (subject to hydrolysis) is 1. The second kappa shape index (κ2) is 12.8. The van der Waals surface area contributed by atoms with Crippen LogP contribution in [0.2, 0.25) is 0 Å². The van der Waals surface area contributed by atoms with Gasteiger partial charge in [-0.1, -0.05) is 31.2 Å². The molecule has 9 heteroatoms. The summed E-state index contributed by atoms with van der Waals surface area (Å²) in [5.74, 6) is -0.363. The first-order chi connectivity index (χ1) is 16.6. The first-order valence-electron chi connectivity index (χ1n) is 11.5. The Hall–Kier alpha value is -3.59. The molecule has 0 saturated heterocycles. The molecule has 2 aromatic rings. The highest BCUT2D eigenvalue weighted by molar-refractivity contribution is 5.98. The van der Waals surface area contributed by atoms with Crippen LogP contribution in [0.5, 0.6) is 5.75 Å². The number of ether oxygens (including phenoxy) is 2. The SMILES string of the molecule is CCc1ccc(C(C(=O)Nc2ccc(OC)cc2)N(CCO)C(=O)CNC(=O)OC(C)(C)C)cc1. The Morgan fingerprint density at radius 1 is 1.03 bits per heavy atom. The fourth-order valence-corrected chi connectivity index (χ4v) is 3.36. The fraction of sp³-hybridized carbons (Fsp3) is 0.423. The number of aryl methyl sites for hydroxylation is 1. The van der Waals surface area contributed by atoms with Crippen LogP contribution in [0.15, 0.2) is 48.5 Å². The van der Waals surface area contributed by atoms with Crippen molar-refractivity contribution < 1.29 is 29.0 Å². The van der Waals surface area contributed by atoms with Gasteiger partial charge in [0.05, 0.1) is 13.7 Å². The topological polar surface area (TPSA) is 117 Å². The van der Waals surface area contributed by atoms with Crippen molar-refractivity contribution in [2.75, 3.05) is 32.1 Å². The second-order valence-corrected chi connectivity index (χ2v) is 8.88. The number of rotatable bonds is 10. The highest BCUT2D eigenvalue weighted by Gasteiger charge is 2.31. The Morgan fingerprint density at radius 2 is 1.66 bits per heavy atom. The molecule has 0 aliphatic heterocycles. The minimum atomic E-state index is -1.04. The Kier molecular flexibility index (Phi) is 10.1. The van der Waals surface area contributed by atoms with E-state index in [4.69, 9.17) is 9.47 Å². The summed E-state index contributed by atoms with van der Waals surface area (Å²) in [6, 6.07) is 13.1. The summed E-state index contributed by atoms with van der Waals surface area (Å²) >= 11 is 0. The summed E-state index contributed by atoms with van der Waals surface area (Å²) in [6.45, 7) is 6.30. The number of aliphatic hydroxyl groups is 1. The van der Waals surface area contributed by atoms with Crippen molar-refractivity contribution in [1.82, 2.24) is 10.2 Å². The van der Waals surface area contributed by atoms with Crippen molar-refractivity contribution in [1.29, 1.82) is 0 Å². The quantitative estimate of drug-likeness (QED) is 0.476. The van der Waals surface area contributed by atoms with E-state index in [0.717, 1.165) is 12.0 Å². The van der Waals surface area contributed by atoms with E-state index in [1.165, 1.54) is 4.90 Å². The van der Waals surface area contributed by atoms with Gasteiger partial charge in [-0.25, -0.2) is 4.79 Å². The van der Waals surface area contributed by atoms with Gasteiger partial charge < -0.3 is 30.1 Å². The molecule has 35 heavy (non-hydrogen) atoms. The number of anilines is 1. The van der Waals surface area contributed by atoms with Crippen molar-refractivity contribution in [3.8, 4) is 5.75 Å². The molecule has 2 rings (SSSR count). The van der Waals surface area contributed by atoms with Gasteiger partial charge in [-0.05, 0) is 62.6 Å². The number of methoxy groups -OCH3 is 1. The smallest absolute Gasteiger partial charge is 0.408 e. The first kappa shape index (κ1) is 27.7. The van der Waals surface area contributed by atoms with E-state index in [1.807, 2.05) is 19.1 Å². The van der Waals surface area contributed by atoms with Gasteiger partial charge in [0.25, 0.3) is 5.91 Å². The molecule has 190 valence electrons. The van der Waals surface area contributed by atoms with Crippen molar-refractivity contribution in [3.05, 3.63) is 59.7 Å². The number of amides is 3. The standard InChI is InChI=1S/C26H35N3O6/c1-6-18-7-9-19(10-8-18)23(24(32)28-20-11-13-21(34-5)14-12-20)29(15-16-30)22(31)17-27-25(33)35-26(2,3)4/h7-14,23,30H,6,15-17H2,1-5H3,(H,27,33)(H,28,32). The van der Waals surface area contributed by atoms with E-state index in [0.29, 0.717) is 17.0 Å². The molecule has 3 N–H and O–H groups in total. The van der Waals surface area contributed by atoms with Crippen LogP contribution in [0, 0.1) is 0 Å². The van der Waals surface area contributed by atoms with Crippen LogP contribution >= 0.6 is 0 Å². The van der Waals surface area contributed by atoms with Crippen LogP contribution in [-0.4, -0.2) is 60.3 Å². The maximum atomic E-state index is 13.4. The van der Waals surface area contributed by atoms with E-state index < -0.39 is 36.1 Å². The zero-order valence-electron chi connectivity index (χ0n) is 21.0. The van der Waals surface area contributed by atoms with Gasteiger partial charge in [-0.2, -0.15) is 0 Å². The number of aliphatic hydroxyl groups excluding tert-OH is 1. The minimum Gasteiger partial charge on any atom is -0.497 e. The van der Waals surface area contributed by atoms with Gasteiger partial charge in [-0.3, -0.25) is 9.59 Å². The molecule has 3 amide bonds. The summed E-state index contributed by atoms with van der Waals surface area (Å²) < 4.78 is 10.3.